The van der Waals surface area contributed by atoms with E-state index in [0.717, 1.165) is 23.1 Å². The standard InChI is InChI=1S/C15H12N2O3S2/c1-20-11(18)8-21-15-10(7-16)12(17)14(22-15)13(19)9-5-3-2-4-6-9/h2-6H,8,17H2,1H3. The zero-order valence-electron chi connectivity index (χ0n) is 11.7. The largest absolute Gasteiger partial charge is 0.468 e. The van der Waals surface area contributed by atoms with Crippen LogP contribution in [0.2, 0.25) is 0 Å². The smallest absolute Gasteiger partial charge is 0.316 e. The van der Waals surface area contributed by atoms with Gasteiger partial charge < -0.3 is 10.5 Å². The molecular formula is C15H12N2O3S2. The lowest BCUT2D eigenvalue weighted by atomic mass is 10.1. The third kappa shape index (κ3) is 3.30. The highest BCUT2D eigenvalue weighted by Crippen LogP contribution is 2.38. The molecular weight excluding hydrogens is 320 g/mol. The minimum absolute atomic E-state index is 0.0596. The highest BCUT2D eigenvalue weighted by Gasteiger charge is 2.22. The van der Waals surface area contributed by atoms with Crippen molar-refractivity contribution in [3.63, 3.8) is 0 Å². The second-order valence-electron chi connectivity index (χ2n) is 4.18. The number of hydrogen-bond acceptors (Lipinski definition) is 7. The van der Waals surface area contributed by atoms with Gasteiger partial charge in [0.15, 0.2) is 0 Å². The first-order valence-corrected chi connectivity index (χ1v) is 8.00. The quantitative estimate of drug-likeness (QED) is 0.514. The number of rotatable bonds is 5. The van der Waals surface area contributed by atoms with E-state index in [-0.39, 0.29) is 22.8 Å². The Kier molecular flexibility index (Phi) is 5.20. The van der Waals surface area contributed by atoms with Crippen molar-refractivity contribution in [3.8, 4) is 6.07 Å². The number of anilines is 1. The van der Waals surface area contributed by atoms with Crippen LogP contribution in [0.4, 0.5) is 5.69 Å². The van der Waals surface area contributed by atoms with Crippen molar-refractivity contribution in [3.05, 3.63) is 46.3 Å². The van der Waals surface area contributed by atoms with Gasteiger partial charge in [-0.1, -0.05) is 30.3 Å². The number of esters is 1. The van der Waals surface area contributed by atoms with E-state index in [1.165, 1.54) is 7.11 Å². The van der Waals surface area contributed by atoms with E-state index < -0.39 is 5.97 Å². The Hall–Kier alpha value is -2.30. The van der Waals surface area contributed by atoms with Gasteiger partial charge in [0.1, 0.15) is 16.5 Å². The number of nitriles is 1. The first kappa shape index (κ1) is 16.1. The molecule has 0 unspecified atom stereocenters. The van der Waals surface area contributed by atoms with Gasteiger partial charge in [-0.15, -0.1) is 23.1 Å². The van der Waals surface area contributed by atoms with Gasteiger partial charge in [-0.25, -0.2) is 0 Å². The molecule has 0 aliphatic rings. The summed E-state index contributed by atoms with van der Waals surface area (Å²) in [7, 11) is 1.29. The number of nitrogen functional groups attached to an aromatic ring is 1. The molecule has 0 aliphatic carbocycles. The molecule has 2 rings (SSSR count). The van der Waals surface area contributed by atoms with Gasteiger partial charge in [-0.05, 0) is 0 Å². The molecule has 0 amide bonds. The van der Waals surface area contributed by atoms with E-state index in [2.05, 4.69) is 4.74 Å². The lowest BCUT2D eigenvalue weighted by molar-refractivity contribution is -0.137. The summed E-state index contributed by atoms with van der Waals surface area (Å²) in [6, 6.07) is 10.7. The third-order valence-corrected chi connectivity index (χ3v) is 5.26. The fourth-order valence-corrected chi connectivity index (χ4v) is 3.90. The van der Waals surface area contributed by atoms with Crippen molar-refractivity contribution in [2.24, 2.45) is 0 Å². The summed E-state index contributed by atoms with van der Waals surface area (Å²) >= 11 is 2.27. The summed E-state index contributed by atoms with van der Waals surface area (Å²) in [5.41, 5.74) is 6.83. The van der Waals surface area contributed by atoms with E-state index in [4.69, 9.17) is 5.73 Å². The number of benzene rings is 1. The summed E-state index contributed by atoms with van der Waals surface area (Å²) in [6.45, 7) is 0. The highest BCUT2D eigenvalue weighted by atomic mass is 32.2. The fraction of sp³-hybridized carbons (Fsp3) is 0.133. The Bertz CT molecular complexity index is 748. The number of ether oxygens (including phenoxy) is 1. The average molecular weight is 332 g/mol. The molecule has 0 saturated heterocycles. The summed E-state index contributed by atoms with van der Waals surface area (Å²) in [4.78, 5) is 24.0. The molecule has 112 valence electrons. The van der Waals surface area contributed by atoms with E-state index >= 15 is 0 Å². The van der Waals surface area contributed by atoms with Crippen LogP contribution in [0, 0.1) is 11.3 Å². The molecule has 0 radical (unpaired) electrons. The molecule has 0 saturated carbocycles. The zero-order valence-corrected chi connectivity index (χ0v) is 13.3. The van der Waals surface area contributed by atoms with Gasteiger partial charge in [0.05, 0.1) is 22.8 Å². The van der Waals surface area contributed by atoms with Crippen LogP contribution in [0.5, 0.6) is 0 Å². The van der Waals surface area contributed by atoms with Crippen LogP contribution in [0.3, 0.4) is 0 Å². The molecule has 0 spiro atoms. The van der Waals surface area contributed by atoms with Gasteiger partial charge in [-0.2, -0.15) is 5.26 Å². The van der Waals surface area contributed by atoms with Crippen molar-refractivity contribution < 1.29 is 14.3 Å². The Labute approximate surface area is 135 Å². The van der Waals surface area contributed by atoms with Crippen molar-refractivity contribution >= 4 is 40.5 Å². The molecule has 2 aromatic rings. The third-order valence-electron chi connectivity index (χ3n) is 2.82. The number of nitrogens with zero attached hydrogens (tertiary/aromatic N) is 1. The van der Waals surface area contributed by atoms with Crippen LogP contribution in [0.15, 0.2) is 34.5 Å². The van der Waals surface area contributed by atoms with Crippen LogP contribution in [0.1, 0.15) is 20.8 Å². The number of hydrogen-bond donors (Lipinski definition) is 1. The first-order chi connectivity index (χ1) is 10.6. The average Bonchev–Trinajstić information content (AvgIpc) is 2.88. The van der Waals surface area contributed by atoms with Crippen molar-refractivity contribution in [2.45, 2.75) is 4.21 Å². The van der Waals surface area contributed by atoms with Crippen molar-refractivity contribution in [2.75, 3.05) is 18.6 Å². The van der Waals surface area contributed by atoms with Crippen LogP contribution in [-0.4, -0.2) is 24.6 Å². The van der Waals surface area contributed by atoms with E-state index in [1.54, 1.807) is 24.3 Å². The van der Waals surface area contributed by atoms with Crippen LogP contribution >= 0.6 is 23.1 Å². The molecule has 1 aromatic carbocycles. The van der Waals surface area contributed by atoms with E-state index in [0.29, 0.717) is 14.6 Å². The number of thioether (sulfide) groups is 1. The van der Waals surface area contributed by atoms with Gasteiger partial charge in [0, 0.05) is 5.56 Å². The summed E-state index contributed by atoms with van der Waals surface area (Å²) in [5.74, 6) is -0.578. The maximum atomic E-state index is 12.5. The van der Waals surface area contributed by atoms with Gasteiger partial charge in [0.25, 0.3) is 0 Å². The Balaban J connectivity index is 2.34. The Morgan fingerprint density at radius 1 is 1.36 bits per heavy atom. The predicted molar refractivity (Wildman–Crippen MR) is 86.1 cm³/mol. The van der Waals surface area contributed by atoms with Gasteiger partial charge in [0.2, 0.25) is 5.78 Å². The number of carbonyl (C=O) groups excluding carboxylic acids is 2. The number of ketones is 1. The summed E-state index contributed by atoms with van der Waals surface area (Å²) < 4.78 is 5.11. The monoisotopic (exact) mass is 332 g/mol. The predicted octanol–water partition coefficient (Wildman–Crippen LogP) is 2.70. The van der Waals surface area contributed by atoms with E-state index in [1.807, 2.05) is 12.1 Å². The maximum Gasteiger partial charge on any atom is 0.316 e. The number of thiophene rings is 1. The second kappa shape index (κ2) is 7.11. The molecule has 0 fully saturated rings. The number of carbonyl (C=O) groups is 2. The SMILES string of the molecule is COC(=O)CSc1sc(C(=O)c2ccccc2)c(N)c1C#N. The molecule has 0 atom stereocenters. The minimum atomic E-state index is -0.406. The molecule has 7 heteroatoms. The lowest BCUT2D eigenvalue weighted by Gasteiger charge is -1.98. The fourth-order valence-electron chi connectivity index (χ4n) is 1.70. The lowest BCUT2D eigenvalue weighted by Crippen LogP contribution is -2.02. The van der Waals surface area contributed by atoms with Crippen LogP contribution in [-0.2, 0) is 9.53 Å². The van der Waals surface area contributed by atoms with Gasteiger partial charge >= 0.3 is 5.97 Å². The molecule has 5 nitrogen and oxygen atoms in total. The topological polar surface area (TPSA) is 93.2 Å². The van der Waals surface area contributed by atoms with Crippen LogP contribution < -0.4 is 5.73 Å². The zero-order chi connectivity index (χ0) is 16.1. The minimum Gasteiger partial charge on any atom is -0.468 e. The van der Waals surface area contributed by atoms with Gasteiger partial charge in [-0.3, -0.25) is 9.59 Å². The molecule has 1 aromatic heterocycles. The Morgan fingerprint density at radius 3 is 2.64 bits per heavy atom. The molecule has 1 heterocycles. The first-order valence-electron chi connectivity index (χ1n) is 6.20. The molecule has 22 heavy (non-hydrogen) atoms. The summed E-state index contributed by atoms with van der Waals surface area (Å²) in [5, 5.41) is 9.22. The van der Waals surface area contributed by atoms with Crippen molar-refractivity contribution in [1.82, 2.24) is 0 Å². The Morgan fingerprint density at radius 2 is 2.05 bits per heavy atom. The number of methoxy groups -OCH3 is 1. The van der Waals surface area contributed by atoms with Crippen molar-refractivity contribution in [1.29, 1.82) is 5.26 Å². The summed E-state index contributed by atoms with van der Waals surface area (Å²) in [6.07, 6.45) is 0. The second-order valence-corrected chi connectivity index (χ2v) is 6.44. The maximum absolute atomic E-state index is 12.5. The molecule has 0 aliphatic heterocycles. The molecule has 2 N–H and O–H groups in total. The normalized spacial score (nSPS) is 10.0. The molecule has 0 bridgehead atoms. The van der Waals surface area contributed by atoms with Crippen LogP contribution in [0.25, 0.3) is 0 Å². The number of nitrogens with two attached hydrogens (primary N) is 1. The highest BCUT2D eigenvalue weighted by molar-refractivity contribution is 8.01. The van der Waals surface area contributed by atoms with E-state index in [9.17, 15) is 14.9 Å².